The molecule has 262 valence electrons. The summed E-state index contributed by atoms with van der Waals surface area (Å²) in [6.45, 7) is 0. The molecule has 0 N–H and O–H groups in total. The number of aromatic nitrogens is 5. The van der Waals surface area contributed by atoms with Gasteiger partial charge in [0.2, 0.25) is 0 Å². The third kappa shape index (κ3) is 5.38. The molecule has 4 heterocycles. The lowest BCUT2D eigenvalue weighted by Gasteiger charge is -2.15. The quantitative estimate of drug-likeness (QED) is 0.171. The van der Waals surface area contributed by atoms with Crippen molar-refractivity contribution >= 4 is 53.3 Å². The van der Waals surface area contributed by atoms with E-state index in [1.807, 2.05) is 84.3 Å². The second-order valence-electron chi connectivity index (χ2n) is 13.9. The number of thiophene rings is 1. The summed E-state index contributed by atoms with van der Waals surface area (Å²) in [4.78, 5) is 20.9. The average Bonchev–Trinajstić information content (AvgIpc) is 3.83. The van der Waals surface area contributed by atoms with Crippen LogP contribution in [-0.2, 0) is 0 Å². The van der Waals surface area contributed by atoms with E-state index in [-0.39, 0.29) is 0 Å². The van der Waals surface area contributed by atoms with Crippen molar-refractivity contribution in [2.75, 3.05) is 0 Å². The maximum atomic E-state index is 5.37. The molecule has 7 aromatic carbocycles. The molecule has 0 saturated carbocycles. The first kappa shape index (κ1) is 32.2. The van der Waals surface area contributed by atoms with E-state index in [9.17, 15) is 0 Å². The standard InChI is InChI=1S/C50H31N5S/c1-4-15-32(16-5-1)35-21-14-22-36(29-35)37-30-41(49-53-47(33-17-6-2-7-18-33)52-48(54-49)34-19-8-3-9-20-34)50(51-31-37)55-42-25-12-10-24-40(42)45-43(55)28-27-39-38-23-11-13-26-44(38)56-46(39)45/h1-31H. The largest absolute Gasteiger partial charge is 0.293 e. The van der Waals surface area contributed by atoms with Crippen molar-refractivity contribution in [1.29, 1.82) is 0 Å². The zero-order chi connectivity index (χ0) is 37.0. The van der Waals surface area contributed by atoms with Gasteiger partial charge in [-0.15, -0.1) is 11.3 Å². The molecule has 6 heteroatoms. The number of hydrogen-bond acceptors (Lipinski definition) is 5. The molecular weight excluding hydrogens is 703 g/mol. The highest BCUT2D eigenvalue weighted by molar-refractivity contribution is 7.26. The minimum atomic E-state index is 0.551. The van der Waals surface area contributed by atoms with Gasteiger partial charge in [0.1, 0.15) is 5.82 Å². The molecule has 0 aliphatic rings. The van der Waals surface area contributed by atoms with Gasteiger partial charge in [-0.25, -0.2) is 19.9 Å². The van der Waals surface area contributed by atoms with Crippen LogP contribution >= 0.6 is 11.3 Å². The fourth-order valence-corrected chi connectivity index (χ4v) is 9.12. The monoisotopic (exact) mass is 733 g/mol. The third-order valence-electron chi connectivity index (χ3n) is 10.5. The lowest BCUT2D eigenvalue weighted by atomic mass is 9.99. The van der Waals surface area contributed by atoms with Gasteiger partial charge in [0.15, 0.2) is 17.5 Å². The van der Waals surface area contributed by atoms with E-state index in [1.54, 1.807) is 0 Å². The number of para-hydroxylation sites is 1. The first-order valence-corrected chi connectivity index (χ1v) is 19.5. The van der Waals surface area contributed by atoms with Crippen LogP contribution in [0.25, 0.3) is 104 Å². The second-order valence-corrected chi connectivity index (χ2v) is 14.9. The van der Waals surface area contributed by atoms with Crippen molar-refractivity contribution in [2.24, 2.45) is 0 Å². The second kappa shape index (κ2) is 13.2. The molecular formula is C50H31N5S. The SMILES string of the molecule is c1ccc(-c2cccc(-c3cnc(-n4c5ccccc5c5c6sc7ccccc7c6ccc54)c(-c4nc(-c5ccccc5)nc(-c5ccccc5)n4)c3)c2)cc1. The van der Waals surface area contributed by atoms with Gasteiger partial charge in [0, 0.05) is 53.8 Å². The van der Waals surface area contributed by atoms with E-state index in [1.165, 1.54) is 30.9 Å². The predicted molar refractivity (Wildman–Crippen MR) is 232 cm³/mol. The first-order chi connectivity index (χ1) is 27.8. The summed E-state index contributed by atoms with van der Waals surface area (Å²) in [5.74, 6) is 2.51. The van der Waals surface area contributed by atoms with E-state index in [2.05, 4.69) is 120 Å². The summed E-state index contributed by atoms with van der Waals surface area (Å²) in [6.07, 6.45) is 1.99. The van der Waals surface area contributed by atoms with Crippen molar-refractivity contribution in [1.82, 2.24) is 24.5 Å². The van der Waals surface area contributed by atoms with Crippen LogP contribution in [-0.4, -0.2) is 24.5 Å². The Balaban J connectivity index is 1.21. The van der Waals surface area contributed by atoms with Crippen LogP contribution in [0.5, 0.6) is 0 Å². The summed E-state index contributed by atoms with van der Waals surface area (Å²) >= 11 is 1.85. The van der Waals surface area contributed by atoms with Crippen molar-refractivity contribution in [3.05, 3.63) is 188 Å². The van der Waals surface area contributed by atoms with Crippen LogP contribution in [0.2, 0.25) is 0 Å². The topological polar surface area (TPSA) is 56.5 Å². The van der Waals surface area contributed by atoms with Crippen LogP contribution in [0.15, 0.2) is 188 Å². The van der Waals surface area contributed by atoms with E-state index in [0.717, 1.165) is 55.8 Å². The van der Waals surface area contributed by atoms with Crippen molar-refractivity contribution in [3.63, 3.8) is 0 Å². The van der Waals surface area contributed by atoms with Crippen molar-refractivity contribution in [2.45, 2.75) is 0 Å². The fraction of sp³-hybridized carbons (Fsp3) is 0. The molecule has 0 aliphatic carbocycles. The van der Waals surface area contributed by atoms with Gasteiger partial charge >= 0.3 is 0 Å². The van der Waals surface area contributed by atoms with Crippen molar-refractivity contribution in [3.8, 4) is 62.2 Å². The molecule has 11 rings (SSSR count). The lowest BCUT2D eigenvalue weighted by molar-refractivity contribution is 1.04. The van der Waals surface area contributed by atoms with Crippen LogP contribution in [0.3, 0.4) is 0 Å². The molecule has 0 atom stereocenters. The molecule has 11 aromatic rings. The van der Waals surface area contributed by atoms with Gasteiger partial charge in [0.25, 0.3) is 0 Å². The summed E-state index contributed by atoms with van der Waals surface area (Å²) in [6, 6.07) is 63.4. The molecule has 4 aromatic heterocycles. The van der Waals surface area contributed by atoms with E-state index < -0.39 is 0 Å². The molecule has 0 unspecified atom stereocenters. The molecule has 0 aliphatic heterocycles. The highest BCUT2D eigenvalue weighted by Crippen LogP contribution is 2.44. The van der Waals surface area contributed by atoms with Crippen LogP contribution in [0.1, 0.15) is 0 Å². The normalized spacial score (nSPS) is 11.6. The van der Waals surface area contributed by atoms with E-state index in [0.29, 0.717) is 17.5 Å². The van der Waals surface area contributed by atoms with Gasteiger partial charge < -0.3 is 0 Å². The number of benzene rings is 7. The first-order valence-electron chi connectivity index (χ1n) is 18.6. The maximum absolute atomic E-state index is 5.37. The smallest absolute Gasteiger partial charge is 0.167 e. The van der Waals surface area contributed by atoms with Crippen LogP contribution < -0.4 is 0 Å². The van der Waals surface area contributed by atoms with Gasteiger partial charge in [-0.1, -0.05) is 152 Å². The Kier molecular flexibility index (Phi) is 7.60. The summed E-state index contributed by atoms with van der Waals surface area (Å²) in [5, 5.41) is 4.94. The fourth-order valence-electron chi connectivity index (χ4n) is 7.86. The molecule has 0 amide bonds. The molecule has 0 saturated heterocycles. The number of nitrogens with zero attached hydrogens (tertiary/aromatic N) is 5. The Bertz CT molecular complexity index is 3190. The Hall–Kier alpha value is -7.28. The zero-order valence-electron chi connectivity index (χ0n) is 30.0. The minimum Gasteiger partial charge on any atom is -0.293 e. The zero-order valence-corrected chi connectivity index (χ0v) is 30.9. The van der Waals surface area contributed by atoms with Crippen molar-refractivity contribution < 1.29 is 0 Å². The molecule has 5 nitrogen and oxygen atoms in total. The predicted octanol–water partition coefficient (Wildman–Crippen LogP) is 13.1. The van der Waals surface area contributed by atoms with Gasteiger partial charge in [-0.3, -0.25) is 4.57 Å². The van der Waals surface area contributed by atoms with Crippen LogP contribution in [0, 0.1) is 0 Å². The molecule has 0 bridgehead atoms. The van der Waals surface area contributed by atoms with E-state index in [4.69, 9.17) is 19.9 Å². The minimum absolute atomic E-state index is 0.551. The molecule has 0 fully saturated rings. The average molecular weight is 734 g/mol. The van der Waals surface area contributed by atoms with Gasteiger partial charge in [-0.2, -0.15) is 0 Å². The molecule has 56 heavy (non-hydrogen) atoms. The number of rotatable bonds is 6. The summed E-state index contributed by atoms with van der Waals surface area (Å²) in [5.41, 5.74) is 9.12. The Morgan fingerprint density at radius 3 is 1.68 bits per heavy atom. The maximum Gasteiger partial charge on any atom is 0.167 e. The molecule has 0 spiro atoms. The van der Waals surface area contributed by atoms with Gasteiger partial charge in [-0.05, 0) is 47.0 Å². The Morgan fingerprint density at radius 2 is 0.964 bits per heavy atom. The Morgan fingerprint density at radius 1 is 0.393 bits per heavy atom. The lowest BCUT2D eigenvalue weighted by Crippen LogP contribution is -2.05. The molecule has 0 radical (unpaired) electrons. The summed E-state index contributed by atoms with van der Waals surface area (Å²) < 4.78 is 4.84. The summed E-state index contributed by atoms with van der Waals surface area (Å²) in [7, 11) is 0. The number of fused-ring (bicyclic) bond motifs is 7. The Labute approximate surface area is 326 Å². The van der Waals surface area contributed by atoms with Gasteiger partial charge in [0.05, 0.1) is 16.6 Å². The van der Waals surface area contributed by atoms with E-state index >= 15 is 0 Å². The highest BCUT2D eigenvalue weighted by atomic mass is 32.1. The third-order valence-corrected chi connectivity index (χ3v) is 11.7. The van der Waals surface area contributed by atoms with Crippen LogP contribution in [0.4, 0.5) is 0 Å². The number of pyridine rings is 1. The number of hydrogen-bond donors (Lipinski definition) is 0. The highest BCUT2D eigenvalue weighted by Gasteiger charge is 2.23.